The van der Waals surface area contributed by atoms with Gasteiger partial charge in [0.1, 0.15) is 23.9 Å². The predicted molar refractivity (Wildman–Crippen MR) is 110 cm³/mol. The fourth-order valence-electron chi connectivity index (χ4n) is 2.82. The van der Waals surface area contributed by atoms with Crippen LogP contribution < -0.4 is 24.2 Å². The first kappa shape index (κ1) is 20.8. The Kier molecular flexibility index (Phi) is 5.61. The molecular weight excluding hydrogens is 396 g/mol. The number of hydrogen-bond acceptors (Lipinski definition) is 6. The lowest BCUT2D eigenvalue weighted by molar-refractivity contribution is -0.124. The topological polar surface area (TPSA) is 103 Å². The Balaban J connectivity index is 1.81. The van der Waals surface area contributed by atoms with Crippen molar-refractivity contribution < 1.29 is 27.4 Å². The third-order valence-corrected chi connectivity index (χ3v) is 5.73. The van der Waals surface area contributed by atoms with Gasteiger partial charge in [0.2, 0.25) is 15.9 Å². The predicted octanol–water partition coefficient (Wildman–Crippen LogP) is 3.00. The molecule has 156 valence electrons. The lowest BCUT2D eigenvalue weighted by atomic mass is 9.94. The molecule has 0 aliphatic carbocycles. The van der Waals surface area contributed by atoms with Crippen molar-refractivity contribution in [2.24, 2.45) is 5.41 Å². The Morgan fingerprint density at radius 2 is 1.76 bits per heavy atom. The Morgan fingerprint density at radius 1 is 1.10 bits per heavy atom. The molecule has 0 spiro atoms. The number of fused-ring (bicyclic) bond motifs is 1. The molecule has 9 heteroatoms. The van der Waals surface area contributed by atoms with Gasteiger partial charge in [0, 0.05) is 6.07 Å². The average molecular weight is 420 g/mol. The zero-order valence-corrected chi connectivity index (χ0v) is 17.6. The summed E-state index contributed by atoms with van der Waals surface area (Å²) in [6.45, 7) is 3.79. The Morgan fingerprint density at radius 3 is 2.38 bits per heavy atom. The number of rotatable bonds is 6. The number of nitrogens with one attached hydrogen (secondary N) is 2. The van der Waals surface area contributed by atoms with E-state index in [0.29, 0.717) is 34.2 Å². The molecule has 1 amide bonds. The number of carbonyl (C=O) groups excluding carboxylic acids is 1. The standard InChI is InChI=1S/C20H24N2O6S/c1-20(2)12-28-18-6-5-14(9-17(18)21-19(20)23)22-29(24,25)11-13-7-15(26-3)10-16(8-13)27-4/h5-10,22H,11-12H2,1-4H3,(H,21,23). The minimum absolute atomic E-state index is 0.195. The number of hydrogen-bond donors (Lipinski definition) is 2. The third-order valence-electron chi connectivity index (χ3n) is 4.47. The summed E-state index contributed by atoms with van der Waals surface area (Å²) >= 11 is 0. The zero-order chi connectivity index (χ0) is 21.2. The van der Waals surface area contributed by atoms with E-state index in [1.165, 1.54) is 14.2 Å². The van der Waals surface area contributed by atoms with Crippen molar-refractivity contribution in [1.82, 2.24) is 0 Å². The van der Waals surface area contributed by atoms with Crippen molar-refractivity contribution in [3.05, 3.63) is 42.0 Å². The van der Waals surface area contributed by atoms with E-state index >= 15 is 0 Å². The molecule has 1 aliphatic rings. The van der Waals surface area contributed by atoms with Crippen LogP contribution in [0.4, 0.5) is 11.4 Å². The highest BCUT2D eigenvalue weighted by atomic mass is 32.2. The molecule has 1 aliphatic heterocycles. The molecule has 2 aromatic carbocycles. The summed E-state index contributed by atoms with van der Waals surface area (Å²) in [6.07, 6.45) is 0. The maximum Gasteiger partial charge on any atom is 0.236 e. The minimum Gasteiger partial charge on any atom is -0.497 e. The van der Waals surface area contributed by atoms with Crippen LogP contribution in [0.5, 0.6) is 17.2 Å². The van der Waals surface area contributed by atoms with Crippen molar-refractivity contribution in [1.29, 1.82) is 0 Å². The quantitative estimate of drug-likeness (QED) is 0.745. The monoisotopic (exact) mass is 420 g/mol. The average Bonchev–Trinajstić information content (AvgIpc) is 2.76. The fourth-order valence-corrected chi connectivity index (χ4v) is 3.98. The SMILES string of the molecule is COc1cc(CS(=O)(=O)Nc2ccc3c(c2)NC(=O)C(C)(C)CO3)cc(OC)c1. The van der Waals surface area contributed by atoms with Crippen LogP contribution in [0.3, 0.4) is 0 Å². The summed E-state index contributed by atoms with van der Waals surface area (Å²) in [6, 6.07) is 9.69. The van der Waals surface area contributed by atoms with Gasteiger partial charge in [-0.15, -0.1) is 0 Å². The summed E-state index contributed by atoms with van der Waals surface area (Å²) in [5, 5.41) is 2.79. The van der Waals surface area contributed by atoms with Gasteiger partial charge < -0.3 is 19.5 Å². The maximum absolute atomic E-state index is 12.7. The van der Waals surface area contributed by atoms with Crippen molar-refractivity contribution in [2.75, 3.05) is 30.9 Å². The lowest BCUT2D eigenvalue weighted by Crippen LogP contribution is -2.33. The molecule has 1 heterocycles. The van der Waals surface area contributed by atoms with Crippen LogP contribution in [0.15, 0.2) is 36.4 Å². The molecule has 0 bridgehead atoms. The molecule has 8 nitrogen and oxygen atoms in total. The molecule has 3 rings (SSSR count). The second-order valence-corrected chi connectivity index (χ2v) is 9.14. The molecule has 0 fully saturated rings. The summed E-state index contributed by atoms with van der Waals surface area (Å²) < 4.78 is 43.9. The first-order chi connectivity index (χ1) is 13.6. The van der Waals surface area contributed by atoms with Crippen LogP contribution in [0.25, 0.3) is 0 Å². The van der Waals surface area contributed by atoms with Gasteiger partial charge in [-0.1, -0.05) is 0 Å². The Hall–Kier alpha value is -2.94. The van der Waals surface area contributed by atoms with E-state index in [2.05, 4.69) is 10.0 Å². The maximum atomic E-state index is 12.7. The highest BCUT2D eigenvalue weighted by molar-refractivity contribution is 7.91. The van der Waals surface area contributed by atoms with Gasteiger partial charge in [0.25, 0.3) is 0 Å². The third kappa shape index (κ3) is 4.92. The number of ether oxygens (including phenoxy) is 3. The molecule has 0 unspecified atom stereocenters. The summed E-state index contributed by atoms with van der Waals surface area (Å²) in [5.74, 6) is 1.03. The number of benzene rings is 2. The molecular formula is C20H24N2O6S. The lowest BCUT2D eigenvalue weighted by Gasteiger charge is -2.18. The van der Waals surface area contributed by atoms with Crippen LogP contribution >= 0.6 is 0 Å². The van der Waals surface area contributed by atoms with E-state index in [-0.39, 0.29) is 18.3 Å². The van der Waals surface area contributed by atoms with Crippen LogP contribution in [-0.4, -0.2) is 35.2 Å². The van der Waals surface area contributed by atoms with Crippen molar-refractivity contribution in [3.63, 3.8) is 0 Å². The Labute approximate surface area is 170 Å². The van der Waals surface area contributed by atoms with Gasteiger partial charge in [-0.25, -0.2) is 8.42 Å². The van der Waals surface area contributed by atoms with Gasteiger partial charge >= 0.3 is 0 Å². The van der Waals surface area contributed by atoms with Crippen LogP contribution in [0, 0.1) is 5.41 Å². The zero-order valence-electron chi connectivity index (χ0n) is 16.7. The molecule has 0 atom stereocenters. The minimum atomic E-state index is -3.72. The van der Waals surface area contributed by atoms with Crippen molar-refractivity contribution in [3.8, 4) is 17.2 Å². The van der Waals surface area contributed by atoms with E-state index in [1.54, 1.807) is 50.2 Å². The smallest absolute Gasteiger partial charge is 0.236 e. The molecule has 0 saturated carbocycles. The van der Waals surface area contributed by atoms with Gasteiger partial charge in [-0.2, -0.15) is 0 Å². The highest BCUT2D eigenvalue weighted by Gasteiger charge is 2.32. The van der Waals surface area contributed by atoms with E-state index in [4.69, 9.17) is 14.2 Å². The normalized spacial score (nSPS) is 15.4. The summed E-state index contributed by atoms with van der Waals surface area (Å²) in [4.78, 5) is 12.3. The summed E-state index contributed by atoms with van der Waals surface area (Å²) in [7, 11) is -0.727. The van der Waals surface area contributed by atoms with E-state index < -0.39 is 15.4 Å². The molecule has 2 aromatic rings. The second-order valence-electron chi connectivity index (χ2n) is 7.42. The molecule has 2 N–H and O–H groups in total. The highest BCUT2D eigenvalue weighted by Crippen LogP contribution is 2.34. The van der Waals surface area contributed by atoms with Gasteiger partial charge in [0.05, 0.1) is 36.8 Å². The number of amides is 1. The largest absolute Gasteiger partial charge is 0.497 e. The van der Waals surface area contributed by atoms with Gasteiger partial charge in [0.15, 0.2) is 0 Å². The van der Waals surface area contributed by atoms with E-state index in [1.807, 2.05) is 0 Å². The Bertz CT molecular complexity index is 1010. The van der Waals surface area contributed by atoms with Crippen LogP contribution in [-0.2, 0) is 20.6 Å². The second kappa shape index (κ2) is 7.82. The number of carbonyl (C=O) groups is 1. The fraction of sp³-hybridized carbons (Fsp3) is 0.350. The number of methoxy groups -OCH3 is 2. The van der Waals surface area contributed by atoms with Gasteiger partial charge in [-0.05, 0) is 49.7 Å². The molecule has 0 saturated heterocycles. The van der Waals surface area contributed by atoms with Crippen LogP contribution in [0.1, 0.15) is 19.4 Å². The van der Waals surface area contributed by atoms with Crippen molar-refractivity contribution in [2.45, 2.75) is 19.6 Å². The van der Waals surface area contributed by atoms with Gasteiger partial charge in [-0.3, -0.25) is 9.52 Å². The van der Waals surface area contributed by atoms with Crippen molar-refractivity contribution >= 4 is 27.3 Å². The first-order valence-corrected chi connectivity index (χ1v) is 10.6. The number of sulfonamides is 1. The summed E-state index contributed by atoms with van der Waals surface area (Å²) in [5.41, 5.74) is 0.567. The van der Waals surface area contributed by atoms with Crippen LogP contribution in [0.2, 0.25) is 0 Å². The number of anilines is 2. The molecule has 0 aromatic heterocycles. The van der Waals surface area contributed by atoms with E-state index in [0.717, 1.165) is 0 Å². The molecule has 0 radical (unpaired) electrons. The molecule has 29 heavy (non-hydrogen) atoms. The van der Waals surface area contributed by atoms with E-state index in [9.17, 15) is 13.2 Å². The first-order valence-electron chi connectivity index (χ1n) is 8.92.